The standard InChI is InChI=1S/C19H24ClN3O3/c1-13(11-22-12-14(20)10-21-22)19(24)23-8-4-5-17(23)16-7-6-15(25-2)9-18(16)26-3/h6-7,9-10,12-13,17H,4-5,8,11H2,1-3H3/t13-,17-/m0/s1. The van der Waals surface area contributed by atoms with E-state index in [1.165, 1.54) is 0 Å². The lowest BCUT2D eigenvalue weighted by Crippen LogP contribution is -2.36. The smallest absolute Gasteiger partial charge is 0.227 e. The molecule has 0 saturated carbocycles. The summed E-state index contributed by atoms with van der Waals surface area (Å²) in [5.74, 6) is 1.43. The molecule has 1 aromatic heterocycles. The fraction of sp³-hybridized carbons (Fsp3) is 0.474. The molecule has 0 bridgehead atoms. The van der Waals surface area contributed by atoms with Crippen molar-refractivity contribution in [2.75, 3.05) is 20.8 Å². The molecule has 2 aromatic rings. The molecule has 0 N–H and O–H groups in total. The van der Waals surface area contributed by atoms with Crippen molar-refractivity contribution in [3.05, 3.63) is 41.2 Å². The van der Waals surface area contributed by atoms with E-state index in [0.717, 1.165) is 36.4 Å². The van der Waals surface area contributed by atoms with E-state index in [1.54, 1.807) is 31.3 Å². The molecule has 1 aliphatic rings. The van der Waals surface area contributed by atoms with Gasteiger partial charge in [0.25, 0.3) is 0 Å². The van der Waals surface area contributed by atoms with Crippen molar-refractivity contribution in [2.45, 2.75) is 32.4 Å². The molecule has 1 amide bonds. The number of benzene rings is 1. The Morgan fingerprint density at radius 3 is 2.85 bits per heavy atom. The number of rotatable bonds is 6. The zero-order valence-electron chi connectivity index (χ0n) is 15.3. The van der Waals surface area contributed by atoms with Gasteiger partial charge in [0.2, 0.25) is 5.91 Å². The molecule has 1 aliphatic heterocycles. The number of ether oxygens (including phenoxy) is 2. The maximum atomic E-state index is 13.0. The second kappa shape index (κ2) is 7.99. The molecular formula is C19H24ClN3O3. The molecule has 26 heavy (non-hydrogen) atoms. The highest BCUT2D eigenvalue weighted by Crippen LogP contribution is 2.39. The maximum absolute atomic E-state index is 13.0. The summed E-state index contributed by atoms with van der Waals surface area (Å²) >= 11 is 5.91. The number of hydrogen-bond acceptors (Lipinski definition) is 4. The first-order chi connectivity index (χ1) is 12.5. The van der Waals surface area contributed by atoms with Crippen LogP contribution in [0.3, 0.4) is 0 Å². The van der Waals surface area contributed by atoms with Crippen LogP contribution in [0.25, 0.3) is 0 Å². The van der Waals surface area contributed by atoms with Crippen LogP contribution in [0.2, 0.25) is 5.02 Å². The number of carbonyl (C=O) groups is 1. The van der Waals surface area contributed by atoms with Crippen LogP contribution in [0.4, 0.5) is 0 Å². The van der Waals surface area contributed by atoms with Gasteiger partial charge in [-0.25, -0.2) is 0 Å². The Kier molecular flexibility index (Phi) is 5.71. The van der Waals surface area contributed by atoms with Crippen LogP contribution in [0.15, 0.2) is 30.6 Å². The van der Waals surface area contributed by atoms with Crippen molar-refractivity contribution in [2.24, 2.45) is 5.92 Å². The highest BCUT2D eigenvalue weighted by Gasteiger charge is 2.34. The largest absolute Gasteiger partial charge is 0.497 e. The zero-order chi connectivity index (χ0) is 18.7. The number of hydrogen-bond donors (Lipinski definition) is 0. The summed E-state index contributed by atoms with van der Waals surface area (Å²) in [6, 6.07) is 5.79. The van der Waals surface area contributed by atoms with Crippen LogP contribution in [-0.2, 0) is 11.3 Å². The third-order valence-electron chi connectivity index (χ3n) is 4.82. The number of nitrogens with zero attached hydrogens (tertiary/aromatic N) is 3. The van der Waals surface area contributed by atoms with Crippen molar-refractivity contribution >= 4 is 17.5 Å². The second-order valence-electron chi connectivity index (χ2n) is 6.58. The molecular weight excluding hydrogens is 354 g/mol. The van der Waals surface area contributed by atoms with Gasteiger partial charge in [-0.1, -0.05) is 18.5 Å². The van der Waals surface area contributed by atoms with Gasteiger partial charge in [0, 0.05) is 24.4 Å². The van der Waals surface area contributed by atoms with Crippen LogP contribution in [0.5, 0.6) is 11.5 Å². The lowest BCUT2D eigenvalue weighted by Gasteiger charge is -2.29. The molecule has 3 rings (SSSR count). The monoisotopic (exact) mass is 377 g/mol. The molecule has 140 valence electrons. The summed E-state index contributed by atoms with van der Waals surface area (Å²) in [5, 5.41) is 4.74. The second-order valence-corrected chi connectivity index (χ2v) is 7.02. The summed E-state index contributed by atoms with van der Waals surface area (Å²) in [6.45, 7) is 3.19. The highest BCUT2D eigenvalue weighted by atomic mass is 35.5. The zero-order valence-corrected chi connectivity index (χ0v) is 16.1. The number of amides is 1. The highest BCUT2D eigenvalue weighted by molar-refractivity contribution is 6.30. The summed E-state index contributed by atoms with van der Waals surface area (Å²) in [6.07, 6.45) is 5.22. The van der Waals surface area contributed by atoms with Crippen molar-refractivity contribution in [3.8, 4) is 11.5 Å². The van der Waals surface area contributed by atoms with Gasteiger partial charge in [-0.3, -0.25) is 9.48 Å². The van der Waals surface area contributed by atoms with E-state index in [-0.39, 0.29) is 17.9 Å². The average molecular weight is 378 g/mol. The Bertz CT molecular complexity index is 777. The third kappa shape index (κ3) is 3.80. The Balaban J connectivity index is 1.78. The van der Waals surface area contributed by atoms with E-state index < -0.39 is 0 Å². The quantitative estimate of drug-likeness (QED) is 0.772. The average Bonchev–Trinajstić information content (AvgIpc) is 3.29. The predicted molar refractivity (Wildman–Crippen MR) is 99.6 cm³/mol. The number of halogens is 1. The van der Waals surface area contributed by atoms with Gasteiger partial charge in [0.05, 0.1) is 43.9 Å². The van der Waals surface area contributed by atoms with E-state index in [1.807, 2.05) is 30.0 Å². The van der Waals surface area contributed by atoms with Crippen LogP contribution in [0, 0.1) is 5.92 Å². The van der Waals surface area contributed by atoms with Gasteiger partial charge in [0.15, 0.2) is 0 Å². The summed E-state index contributed by atoms with van der Waals surface area (Å²) in [4.78, 5) is 15.0. The van der Waals surface area contributed by atoms with E-state index in [9.17, 15) is 4.79 Å². The summed E-state index contributed by atoms with van der Waals surface area (Å²) in [5.41, 5.74) is 1.02. The molecule has 1 saturated heterocycles. The van der Waals surface area contributed by atoms with Gasteiger partial charge in [0.1, 0.15) is 11.5 Å². The minimum atomic E-state index is -0.184. The third-order valence-corrected chi connectivity index (χ3v) is 5.01. The molecule has 2 heterocycles. The minimum absolute atomic E-state index is 0.0204. The molecule has 0 aliphatic carbocycles. The number of carbonyl (C=O) groups excluding carboxylic acids is 1. The van der Waals surface area contributed by atoms with E-state index in [0.29, 0.717) is 11.6 Å². The number of likely N-dealkylation sites (tertiary alicyclic amines) is 1. The van der Waals surface area contributed by atoms with E-state index in [2.05, 4.69) is 5.10 Å². The molecule has 6 nitrogen and oxygen atoms in total. The van der Waals surface area contributed by atoms with Crippen LogP contribution in [0.1, 0.15) is 31.4 Å². The maximum Gasteiger partial charge on any atom is 0.227 e. The molecule has 0 unspecified atom stereocenters. The predicted octanol–water partition coefficient (Wildman–Crippen LogP) is 3.55. The van der Waals surface area contributed by atoms with Gasteiger partial charge in [-0.2, -0.15) is 5.10 Å². The van der Waals surface area contributed by atoms with Gasteiger partial charge >= 0.3 is 0 Å². The molecule has 2 atom stereocenters. The Hall–Kier alpha value is -2.21. The summed E-state index contributed by atoms with van der Waals surface area (Å²) < 4.78 is 12.5. The van der Waals surface area contributed by atoms with Crippen molar-refractivity contribution in [3.63, 3.8) is 0 Å². The topological polar surface area (TPSA) is 56.6 Å². The molecule has 1 fully saturated rings. The lowest BCUT2D eigenvalue weighted by molar-refractivity contribution is -0.136. The SMILES string of the molecule is COc1ccc([C@@H]2CCCN2C(=O)[C@@H](C)Cn2cc(Cl)cn2)c(OC)c1. The first kappa shape index (κ1) is 18.6. The van der Waals surface area contributed by atoms with Crippen molar-refractivity contribution < 1.29 is 14.3 Å². The normalized spacial score (nSPS) is 18.0. The molecule has 1 aromatic carbocycles. The Morgan fingerprint density at radius 1 is 1.38 bits per heavy atom. The fourth-order valence-corrected chi connectivity index (χ4v) is 3.68. The molecule has 0 radical (unpaired) electrons. The van der Waals surface area contributed by atoms with Crippen LogP contribution >= 0.6 is 11.6 Å². The van der Waals surface area contributed by atoms with Crippen LogP contribution in [-0.4, -0.2) is 41.4 Å². The fourth-order valence-electron chi connectivity index (χ4n) is 3.53. The Morgan fingerprint density at radius 2 is 2.19 bits per heavy atom. The van der Waals surface area contributed by atoms with Gasteiger partial charge in [-0.05, 0) is 25.0 Å². The van der Waals surface area contributed by atoms with Gasteiger partial charge in [-0.15, -0.1) is 0 Å². The number of methoxy groups -OCH3 is 2. The first-order valence-electron chi connectivity index (χ1n) is 8.74. The van der Waals surface area contributed by atoms with Crippen molar-refractivity contribution in [1.29, 1.82) is 0 Å². The molecule has 7 heteroatoms. The minimum Gasteiger partial charge on any atom is -0.497 e. The first-order valence-corrected chi connectivity index (χ1v) is 9.11. The lowest BCUT2D eigenvalue weighted by atomic mass is 10.0. The van der Waals surface area contributed by atoms with Crippen LogP contribution < -0.4 is 9.47 Å². The van der Waals surface area contributed by atoms with E-state index >= 15 is 0 Å². The van der Waals surface area contributed by atoms with Gasteiger partial charge < -0.3 is 14.4 Å². The van der Waals surface area contributed by atoms with E-state index in [4.69, 9.17) is 21.1 Å². The summed E-state index contributed by atoms with van der Waals surface area (Å²) in [7, 11) is 3.27. The molecule has 0 spiro atoms. The number of aromatic nitrogens is 2. The Labute approximate surface area is 158 Å². The van der Waals surface area contributed by atoms with Crippen molar-refractivity contribution in [1.82, 2.24) is 14.7 Å².